The van der Waals surface area contributed by atoms with Crippen molar-refractivity contribution in [2.75, 3.05) is 11.9 Å². The van der Waals surface area contributed by atoms with Gasteiger partial charge in [0.25, 0.3) is 5.89 Å². The lowest BCUT2D eigenvalue weighted by molar-refractivity contribution is 0.211. The van der Waals surface area contributed by atoms with Crippen LogP contribution in [0.5, 0.6) is 0 Å². The number of pyridine rings is 1. The smallest absolute Gasteiger partial charge is 0.322 e. The average molecular weight is 398 g/mol. The second-order valence-electron chi connectivity index (χ2n) is 6.69. The van der Waals surface area contributed by atoms with Crippen LogP contribution in [0.4, 0.5) is 10.5 Å². The van der Waals surface area contributed by atoms with Crippen LogP contribution in [0.25, 0.3) is 11.5 Å². The lowest BCUT2D eigenvalue weighted by Crippen LogP contribution is -2.34. The van der Waals surface area contributed by atoms with Gasteiger partial charge in [-0.1, -0.05) is 22.8 Å². The van der Waals surface area contributed by atoms with E-state index in [9.17, 15) is 4.79 Å². The average Bonchev–Trinajstić information content (AvgIpc) is 3.44. The van der Waals surface area contributed by atoms with Gasteiger partial charge in [-0.15, -0.1) is 0 Å². The van der Waals surface area contributed by atoms with Crippen molar-refractivity contribution in [1.82, 2.24) is 20.0 Å². The highest BCUT2D eigenvalue weighted by molar-refractivity contribution is 6.31. The zero-order valence-corrected chi connectivity index (χ0v) is 16.2. The number of benzene rings is 1. The molecule has 1 N–H and O–H groups in total. The van der Waals surface area contributed by atoms with E-state index in [4.69, 9.17) is 16.1 Å². The Bertz CT molecular complexity index is 972. The molecule has 0 atom stereocenters. The molecule has 0 saturated heterocycles. The molecule has 1 aliphatic rings. The SMILES string of the molecule is CCN(Cc1ccccn1)C(=O)Nc1cc(Cl)ccc1-c1nc(C2CC2)no1. The molecule has 1 fully saturated rings. The Labute approximate surface area is 167 Å². The van der Waals surface area contributed by atoms with Crippen molar-refractivity contribution in [1.29, 1.82) is 0 Å². The van der Waals surface area contributed by atoms with Gasteiger partial charge in [-0.2, -0.15) is 4.98 Å². The number of urea groups is 1. The Morgan fingerprint density at radius 3 is 2.89 bits per heavy atom. The molecule has 0 bridgehead atoms. The summed E-state index contributed by atoms with van der Waals surface area (Å²) in [5.41, 5.74) is 1.99. The molecule has 28 heavy (non-hydrogen) atoms. The predicted molar refractivity (Wildman–Crippen MR) is 106 cm³/mol. The molecule has 0 spiro atoms. The van der Waals surface area contributed by atoms with Crippen molar-refractivity contribution >= 4 is 23.3 Å². The maximum atomic E-state index is 12.8. The minimum atomic E-state index is -0.251. The summed E-state index contributed by atoms with van der Waals surface area (Å²) in [6, 6.07) is 10.6. The summed E-state index contributed by atoms with van der Waals surface area (Å²) in [6.45, 7) is 2.86. The highest BCUT2D eigenvalue weighted by atomic mass is 35.5. The van der Waals surface area contributed by atoms with Crippen LogP contribution >= 0.6 is 11.6 Å². The predicted octanol–water partition coefficient (Wildman–Crippen LogP) is 4.72. The minimum Gasteiger partial charge on any atom is -0.334 e. The number of hydrogen-bond donors (Lipinski definition) is 1. The summed E-state index contributed by atoms with van der Waals surface area (Å²) < 4.78 is 5.42. The third-order valence-corrected chi connectivity index (χ3v) is 4.82. The zero-order chi connectivity index (χ0) is 19.5. The van der Waals surface area contributed by atoms with Crippen LogP contribution in [0.1, 0.15) is 37.2 Å². The first kappa shape index (κ1) is 18.4. The molecule has 8 heteroatoms. The number of nitrogens with one attached hydrogen (secondary N) is 1. The minimum absolute atomic E-state index is 0.251. The number of aromatic nitrogens is 3. The van der Waals surface area contributed by atoms with Gasteiger partial charge in [-0.3, -0.25) is 4.98 Å². The summed E-state index contributed by atoms with van der Waals surface area (Å²) in [4.78, 5) is 23.3. The normalized spacial score (nSPS) is 13.4. The van der Waals surface area contributed by atoms with Gasteiger partial charge in [-0.25, -0.2) is 4.79 Å². The van der Waals surface area contributed by atoms with E-state index in [1.54, 1.807) is 29.3 Å². The fraction of sp³-hybridized carbons (Fsp3) is 0.300. The van der Waals surface area contributed by atoms with E-state index in [-0.39, 0.29) is 6.03 Å². The molecular formula is C20H20ClN5O2. The van der Waals surface area contributed by atoms with Crippen LogP contribution in [0.2, 0.25) is 5.02 Å². The Kier molecular flexibility index (Phi) is 5.25. The standard InChI is InChI=1S/C20H20ClN5O2/c1-2-26(12-15-5-3-4-10-22-15)20(27)23-17-11-14(21)8-9-16(17)19-24-18(25-28-19)13-6-7-13/h3-5,8-11,13H,2,6-7,12H2,1H3,(H,23,27). The van der Waals surface area contributed by atoms with E-state index in [1.807, 2.05) is 25.1 Å². The second-order valence-corrected chi connectivity index (χ2v) is 7.12. The van der Waals surface area contributed by atoms with Gasteiger partial charge in [0.2, 0.25) is 0 Å². The lowest BCUT2D eigenvalue weighted by Gasteiger charge is -2.21. The molecule has 0 unspecified atom stereocenters. The maximum Gasteiger partial charge on any atom is 0.322 e. The topological polar surface area (TPSA) is 84.2 Å². The molecule has 2 heterocycles. The first-order chi connectivity index (χ1) is 13.6. The van der Waals surface area contributed by atoms with Gasteiger partial charge in [-0.05, 0) is 50.1 Å². The first-order valence-corrected chi connectivity index (χ1v) is 9.61. The number of amides is 2. The van der Waals surface area contributed by atoms with Gasteiger partial charge in [0.1, 0.15) is 0 Å². The molecule has 0 radical (unpaired) electrons. The number of anilines is 1. The molecule has 0 aliphatic heterocycles. The summed E-state index contributed by atoms with van der Waals surface area (Å²) in [5.74, 6) is 1.48. The summed E-state index contributed by atoms with van der Waals surface area (Å²) >= 11 is 6.16. The fourth-order valence-corrected chi connectivity index (χ4v) is 3.04. The zero-order valence-electron chi connectivity index (χ0n) is 15.4. The highest BCUT2D eigenvalue weighted by Gasteiger charge is 2.29. The molecule has 2 aromatic heterocycles. The molecule has 4 rings (SSSR count). The van der Waals surface area contributed by atoms with Crippen molar-refractivity contribution in [2.45, 2.75) is 32.2 Å². The van der Waals surface area contributed by atoms with Crippen LogP contribution < -0.4 is 5.32 Å². The van der Waals surface area contributed by atoms with Gasteiger partial charge in [0.05, 0.1) is 23.5 Å². The molecule has 1 aromatic carbocycles. The van der Waals surface area contributed by atoms with E-state index < -0.39 is 0 Å². The summed E-state index contributed by atoms with van der Waals surface area (Å²) in [7, 11) is 0. The Morgan fingerprint density at radius 1 is 1.32 bits per heavy atom. The van der Waals surface area contributed by atoms with Crippen molar-refractivity contribution in [2.24, 2.45) is 0 Å². The number of rotatable bonds is 6. The number of hydrogen-bond acceptors (Lipinski definition) is 5. The van der Waals surface area contributed by atoms with Crippen LogP contribution in [0.3, 0.4) is 0 Å². The van der Waals surface area contributed by atoms with Gasteiger partial charge >= 0.3 is 6.03 Å². The summed E-state index contributed by atoms with van der Waals surface area (Å²) in [6.07, 6.45) is 3.88. The summed E-state index contributed by atoms with van der Waals surface area (Å²) in [5, 5.41) is 7.48. The molecule has 2 amide bonds. The van der Waals surface area contributed by atoms with Crippen LogP contribution in [0.15, 0.2) is 47.1 Å². The largest absolute Gasteiger partial charge is 0.334 e. The monoisotopic (exact) mass is 397 g/mol. The van der Waals surface area contributed by atoms with Crippen molar-refractivity contribution in [3.63, 3.8) is 0 Å². The van der Waals surface area contributed by atoms with Crippen LogP contribution in [-0.4, -0.2) is 32.6 Å². The van der Waals surface area contributed by atoms with Crippen LogP contribution in [-0.2, 0) is 6.54 Å². The Morgan fingerprint density at radius 2 is 2.18 bits per heavy atom. The third-order valence-electron chi connectivity index (χ3n) is 4.59. The van der Waals surface area contributed by atoms with E-state index in [1.165, 1.54) is 0 Å². The molecule has 1 saturated carbocycles. The highest BCUT2D eigenvalue weighted by Crippen LogP contribution is 2.39. The number of halogens is 1. The van der Waals surface area contributed by atoms with E-state index >= 15 is 0 Å². The lowest BCUT2D eigenvalue weighted by atomic mass is 10.1. The van der Waals surface area contributed by atoms with Crippen molar-refractivity contribution in [3.05, 3.63) is 59.1 Å². The molecule has 1 aliphatic carbocycles. The quantitative estimate of drug-likeness (QED) is 0.650. The number of nitrogens with zero attached hydrogens (tertiary/aromatic N) is 4. The van der Waals surface area contributed by atoms with Gasteiger partial charge in [0.15, 0.2) is 5.82 Å². The van der Waals surface area contributed by atoms with Crippen molar-refractivity contribution < 1.29 is 9.32 Å². The molecular weight excluding hydrogens is 378 g/mol. The maximum absolute atomic E-state index is 12.8. The molecule has 3 aromatic rings. The number of carbonyl (C=O) groups is 1. The van der Waals surface area contributed by atoms with Gasteiger partial charge in [0, 0.05) is 23.7 Å². The van der Waals surface area contributed by atoms with Crippen LogP contribution in [0, 0.1) is 0 Å². The third kappa shape index (κ3) is 4.14. The van der Waals surface area contributed by atoms with E-state index in [2.05, 4.69) is 20.4 Å². The Balaban J connectivity index is 1.55. The fourth-order valence-electron chi connectivity index (χ4n) is 2.87. The van der Waals surface area contributed by atoms with E-state index in [0.717, 1.165) is 18.5 Å². The molecule has 144 valence electrons. The number of carbonyl (C=O) groups excluding carboxylic acids is 1. The van der Waals surface area contributed by atoms with E-state index in [0.29, 0.717) is 47.0 Å². The second kappa shape index (κ2) is 7.98. The van der Waals surface area contributed by atoms with Crippen molar-refractivity contribution in [3.8, 4) is 11.5 Å². The van der Waals surface area contributed by atoms with Gasteiger partial charge < -0.3 is 14.7 Å². The molecule has 7 nitrogen and oxygen atoms in total. The Hall–Kier alpha value is -2.93. The first-order valence-electron chi connectivity index (χ1n) is 9.23.